The molecule has 0 aromatic carbocycles. The third kappa shape index (κ3) is 1.05. The summed E-state index contributed by atoms with van der Waals surface area (Å²) in [5, 5.41) is 8.65. The molecule has 0 saturated heterocycles. The molecule has 0 heterocycles. The highest BCUT2D eigenvalue weighted by molar-refractivity contribution is 5.81. The predicted molar refractivity (Wildman–Crippen MR) is 39.6 cm³/mol. The van der Waals surface area contributed by atoms with E-state index in [1.807, 2.05) is 0 Å². The first kappa shape index (κ1) is 6.84. The monoisotopic (exact) mass is 149 g/mol. The Morgan fingerprint density at radius 3 is 2.27 bits per heavy atom. The van der Waals surface area contributed by atoms with Crippen LogP contribution in [0.3, 0.4) is 0 Å². The van der Waals surface area contributed by atoms with Crippen molar-refractivity contribution in [2.24, 2.45) is 17.8 Å². The highest BCUT2D eigenvalue weighted by atomic mass is 16.1. The number of hydrogen-bond acceptors (Lipinski definition) is 2. The quantitative estimate of drug-likeness (QED) is 0.524. The lowest BCUT2D eigenvalue weighted by Gasteiger charge is -2.02. The van der Waals surface area contributed by atoms with Crippen molar-refractivity contribution in [1.82, 2.24) is 0 Å². The van der Waals surface area contributed by atoms with Crippen LogP contribution in [-0.4, -0.2) is 5.78 Å². The van der Waals surface area contributed by atoms with Gasteiger partial charge in [0.15, 0.2) is 0 Å². The zero-order chi connectivity index (χ0) is 7.84. The zero-order valence-corrected chi connectivity index (χ0v) is 6.42. The van der Waals surface area contributed by atoms with Crippen LogP contribution < -0.4 is 0 Å². The van der Waals surface area contributed by atoms with Gasteiger partial charge in [0, 0.05) is 18.8 Å². The number of hydrogen-bond donors (Lipinski definition) is 0. The van der Waals surface area contributed by atoms with E-state index in [9.17, 15) is 4.79 Å². The Hall–Kier alpha value is -0.840. The van der Waals surface area contributed by atoms with Crippen LogP contribution in [0.5, 0.6) is 0 Å². The molecule has 2 aliphatic carbocycles. The number of ketones is 1. The number of nitrogens with zero attached hydrogens (tertiary/aromatic N) is 1. The first-order valence-corrected chi connectivity index (χ1v) is 4.21. The van der Waals surface area contributed by atoms with Gasteiger partial charge in [0.25, 0.3) is 0 Å². The Kier molecular flexibility index (Phi) is 1.45. The Labute approximate surface area is 66.2 Å². The molecule has 0 amide bonds. The average molecular weight is 149 g/mol. The molecular formula is C9H11NO. The zero-order valence-electron chi connectivity index (χ0n) is 6.42. The van der Waals surface area contributed by atoms with E-state index < -0.39 is 0 Å². The fourth-order valence-electron chi connectivity index (χ4n) is 2.49. The van der Waals surface area contributed by atoms with Gasteiger partial charge in [-0.15, -0.1) is 0 Å². The largest absolute Gasteiger partial charge is 0.300 e. The Bertz CT molecular complexity index is 212. The third-order valence-corrected chi connectivity index (χ3v) is 3.00. The van der Waals surface area contributed by atoms with E-state index >= 15 is 0 Å². The summed E-state index contributed by atoms with van der Waals surface area (Å²) < 4.78 is 0. The van der Waals surface area contributed by atoms with Crippen LogP contribution in [0.25, 0.3) is 0 Å². The minimum atomic E-state index is 0.248. The molecule has 0 radical (unpaired) electrons. The molecule has 0 N–H and O–H groups in total. The Balaban J connectivity index is 2.05. The maximum Gasteiger partial charge on any atom is 0.133 e. The van der Waals surface area contributed by atoms with Gasteiger partial charge < -0.3 is 0 Å². The smallest absolute Gasteiger partial charge is 0.133 e. The summed E-state index contributed by atoms with van der Waals surface area (Å²) >= 11 is 0. The van der Waals surface area contributed by atoms with Crippen molar-refractivity contribution in [3.8, 4) is 6.07 Å². The van der Waals surface area contributed by atoms with Crippen LogP contribution in [0.2, 0.25) is 0 Å². The van der Waals surface area contributed by atoms with E-state index in [1.165, 1.54) is 0 Å². The van der Waals surface area contributed by atoms with Gasteiger partial charge in [0.2, 0.25) is 0 Å². The SMILES string of the molecule is N#CC1CC2CC(=O)CC2C1. The van der Waals surface area contributed by atoms with Gasteiger partial charge in [-0.1, -0.05) is 0 Å². The molecule has 2 fully saturated rings. The number of rotatable bonds is 0. The minimum absolute atomic E-state index is 0.248. The van der Waals surface area contributed by atoms with E-state index in [4.69, 9.17) is 5.26 Å². The van der Waals surface area contributed by atoms with Gasteiger partial charge in [-0.2, -0.15) is 5.26 Å². The summed E-state index contributed by atoms with van der Waals surface area (Å²) in [4.78, 5) is 11.0. The van der Waals surface area contributed by atoms with Crippen LogP contribution in [0.1, 0.15) is 25.7 Å². The van der Waals surface area contributed by atoms with Crippen LogP contribution in [0.4, 0.5) is 0 Å². The number of Topliss-reactive ketones (excluding diaryl/α,β-unsaturated/α-hetero) is 1. The average Bonchev–Trinajstić information content (AvgIpc) is 2.43. The van der Waals surface area contributed by atoms with Crippen molar-refractivity contribution in [2.45, 2.75) is 25.7 Å². The number of fused-ring (bicyclic) bond motifs is 1. The number of carbonyl (C=O) groups excluding carboxylic acids is 1. The van der Waals surface area contributed by atoms with Crippen LogP contribution >= 0.6 is 0 Å². The molecule has 2 rings (SSSR count). The van der Waals surface area contributed by atoms with Gasteiger partial charge in [-0.25, -0.2) is 0 Å². The van der Waals surface area contributed by atoms with Crippen molar-refractivity contribution in [1.29, 1.82) is 5.26 Å². The molecule has 2 saturated carbocycles. The van der Waals surface area contributed by atoms with Gasteiger partial charge in [0.05, 0.1) is 6.07 Å². The van der Waals surface area contributed by atoms with Crippen molar-refractivity contribution < 1.29 is 4.79 Å². The molecule has 0 aliphatic heterocycles. The first-order chi connectivity index (χ1) is 5.29. The number of nitriles is 1. The molecule has 0 bridgehead atoms. The van der Waals surface area contributed by atoms with E-state index in [0.29, 0.717) is 17.6 Å². The highest BCUT2D eigenvalue weighted by Crippen LogP contribution is 2.44. The van der Waals surface area contributed by atoms with Gasteiger partial charge in [-0.3, -0.25) is 4.79 Å². The molecule has 2 heteroatoms. The summed E-state index contributed by atoms with van der Waals surface area (Å²) in [7, 11) is 0. The predicted octanol–water partition coefficient (Wildman–Crippen LogP) is 1.52. The molecule has 0 spiro atoms. The molecule has 2 atom stereocenters. The van der Waals surface area contributed by atoms with Crippen LogP contribution in [0, 0.1) is 29.1 Å². The van der Waals surface area contributed by atoms with Crippen molar-refractivity contribution >= 4 is 5.78 Å². The number of carbonyl (C=O) groups is 1. The molecule has 2 nitrogen and oxygen atoms in total. The van der Waals surface area contributed by atoms with Gasteiger partial charge in [0.1, 0.15) is 5.78 Å². The maximum absolute atomic E-state index is 11.0. The highest BCUT2D eigenvalue weighted by Gasteiger charge is 2.40. The maximum atomic E-state index is 11.0. The van der Waals surface area contributed by atoms with Gasteiger partial charge >= 0.3 is 0 Å². The molecule has 58 valence electrons. The summed E-state index contributed by atoms with van der Waals surface area (Å²) in [6, 6.07) is 2.30. The fraction of sp³-hybridized carbons (Fsp3) is 0.778. The summed E-state index contributed by atoms with van der Waals surface area (Å²) in [5.74, 6) is 1.79. The first-order valence-electron chi connectivity index (χ1n) is 4.21. The summed E-state index contributed by atoms with van der Waals surface area (Å²) in [5.41, 5.74) is 0. The lowest BCUT2D eigenvalue weighted by atomic mass is 10.0. The van der Waals surface area contributed by atoms with Crippen LogP contribution in [0.15, 0.2) is 0 Å². The van der Waals surface area contributed by atoms with E-state index in [0.717, 1.165) is 25.7 Å². The molecule has 0 aromatic heterocycles. The molecule has 2 aliphatic rings. The van der Waals surface area contributed by atoms with Gasteiger partial charge in [-0.05, 0) is 24.7 Å². The summed E-state index contributed by atoms with van der Waals surface area (Å²) in [6.45, 7) is 0. The normalized spacial score (nSPS) is 42.1. The lowest BCUT2D eigenvalue weighted by Crippen LogP contribution is -1.96. The summed E-state index contributed by atoms with van der Waals surface area (Å²) in [6.07, 6.45) is 3.46. The van der Waals surface area contributed by atoms with E-state index in [2.05, 4.69) is 6.07 Å². The molecule has 11 heavy (non-hydrogen) atoms. The molecule has 2 unspecified atom stereocenters. The second-order valence-electron chi connectivity index (χ2n) is 3.76. The van der Waals surface area contributed by atoms with Crippen LogP contribution in [-0.2, 0) is 4.79 Å². The van der Waals surface area contributed by atoms with Crippen molar-refractivity contribution in [3.05, 3.63) is 0 Å². The van der Waals surface area contributed by atoms with Crippen molar-refractivity contribution in [3.63, 3.8) is 0 Å². The second kappa shape index (κ2) is 2.34. The fourth-order valence-corrected chi connectivity index (χ4v) is 2.49. The van der Waals surface area contributed by atoms with E-state index in [-0.39, 0.29) is 5.92 Å². The van der Waals surface area contributed by atoms with E-state index in [1.54, 1.807) is 0 Å². The Morgan fingerprint density at radius 1 is 1.27 bits per heavy atom. The third-order valence-electron chi connectivity index (χ3n) is 3.00. The van der Waals surface area contributed by atoms with Crippen molar-refractivity contribution in [2.75, 3.05) is 0 Å². The second-order valence-corrected chi connectivity index (χ2v) is 3.76. The molecular weight excluding hydrogens is 138 g/mol. The minimum Gasteiger partial charge on any atom is -0.300 e. The molecule has 0 aromatic rings. The standard InChI is InChI=1S/C9H11NO/c10-5-6-1-7-3-9(11)4-8(7)2-6/h6-8H,1-4H2. The Morgan fingerprint density at radius 2 is 1.82 bits per heavy atom. The topological polar surface area (TPSA) is 40.9 Å². The lowest BCUT2D eigenvalue weighted by molar-refractivity contribution is -0.117.